The molecular weight excluding hydrogens is 368 g/mol. The van der Waals surface area contributed by atoms with Crippen molar-refractivity contribution in [3.05, 3.63) is 51.8 Å². The lowest BCUT2D eigenvalue weighted by Gasteiger charge is -2.48. The van der Waals surface area contributed by atoms with Gasteiger partial charge >= 0.3 is 0 Å². The third-order valence-corrected chi connectivity index (χ3v) is 6.71. The molecule has 1 saturated carbocycles. The zero-order chi connectivity index (χ0) is 19.8. The van der Waals surface area contributed by atoms with Crippen molar-refractivity contribution in [1.82, 2.24) is 9.78 Å². The molecule has 0 bridgehead atoms. The number of hydrogen-bond acceptors (Lipinski definition) is 5. The number of benzene rings is 1. The number of hydrogen-bond donors (Lipinski definition) is 1. The van der Waals surface area contributed by atoms with Gasteiger partial charge in [-0.05, 0) is 60.4 Å². The second-order valence-corrected chi connectivity index (χ2v) is 8.55. The van der Waals surface area contributed by atoms with Crippen LogP contribution < -0.4 is 15.8 Å². The van der Waals surface area contributed by atoms with E-state index in [1.165, 1.54) is 42.9 Å². The third kappa shape index (κ3) is 3.67. The Morgan fingerprint density at radius 2 is 1.86 bits per heavy atom. The summed E-state index contributed by atoms with van der Waals surface area (Å²) >= 11 is 0. The zero-order valence-corrected chi connectivity index (χ0v) is 16.5. The molecule has 1 amide bonds. The van der Waals surface area contributed by atoms with Crippen molar-refractivity contribution < 1.29 is 9.53 Å². The van der Waals surface area contributed by atoms with Crippen LogP contribution in [0.3, 0.4) is 0 Å². The van der Waals surface area contributed by atoms with Gasteiger partial charge in [0.25, 0.3) is 5.56 Å². The van der Waals surface area contributed by atoms with Crippen molar-refractivity contribution in [2.45, 2.75) is 51.9 Å². The number of nitrogens with zero attached hydrogens (tertiary/aromatic N) is 3. The summed E-state index contributed by atoms with van der Waals surface area (Å²) in [5.41, 5.74) is 3.25. The minimum atomic E-state index is -0.265. The number of aromatic nitrogens is 2. The summed E-state index contributed by atoms with van der Waals surface area (Å²) in [6, 6.07) is 9.04. The number of anilines is 2. The summed E-state index contributed by atoms with van der Waals surface area (Å²) in [6.45, 7) is 3.02. The fourth-order valence-corrected chi connectivity index (χ4v) is 4.69. The van der Waals surface area contributed by atoms with E-state index in [-0.39, 0.29) is 18.0 Å². The van der Waals surface area contributed by atoms with Gasteiger partial charge in [-0.2, -0.15) is 5.10 Å². The Morgan fingerprint density at radius 3 is 2.62 bits per heavy atom. The maximum atomic E-state index is 12.5. The molecule has 0 unspecified atom stereocenters. The minimum Gasteiger partial charge on any atom is -0.372 e. The Balaban J connectivity index is 1.25. The van der Waals surface area contributed by atoms with Crippen LogP contribution in [0.15, 0.2) is 35.1 Å². The maximum absolute atomic E-state index is 12.5. The maximum Gasteiger partial charge on any atom is 0.267 e. The highest BCUT2D eigenvalue weighted by Gasteiger charge is 2.39. The smallest absolute Gasteiger partial charge is 0.267 e. The van der Waals surface area contributed by atoms with Gasteiger partial charge in [0, 0.05) is 24.8 Å². The quantitative estimate of drug-likeness (QED) is 0.863. The molecule has 0 radical (unpaired) electrons. The Kier molecular flexibility index (Phi) is 4.62. The molecule has 2 aliphatic heterocycles. The molecule has 5 rings (SSSR count). The van der Waals surface area contributed by atoms with Gasteiger partial charge in [-0.25, -0.2) is 4.68 Å². The summed E-state index contributed by atoms with van der Waals surface area (Å²) in [4.78, 5) is 27.0. The van der Waals surface area contributed by atoms with Gasteiger partial charge < -0.3 is 15.0 Å². The fraction of sp³-hybridized carbons (Fsp3) is 0.500. The predicted octanol–water partition coefficient (Wildman–Crippen LogP) is 2.68. The molecule has 7 heteroatoms. The number of piperidine rings is 1. The summed E-state index contributed by atoms with van der Waals surface area (Å²) in [7, 11) is 0. The highest BCUT2D eigenvalue weighted by molar-refractivity contribution is 5.90. The summed E-state index contributed by atoms with van der Waals surface area (Å²) in [6.07, 6.45) is 6.44. The standard InChI is InChI=1S/C22H26N4O3/c27-20(23-18-3-2-16-14-29-15-17(16)12-18)13-26-21(28)5-4-19(24-26)25-10-8-22(9-11-25)6-1-7-22/h2-5,12H,1,6-11,13-15H2,(H,23,27). The van der Waals surface area contributed by atoms with Gasteiger partial charge in [0.2, 0.25) is 5.91 Å². The van der Waals surface area contributed by atoms with Crippen LogP contribution in [0.1, 0.15) is 43.2 Å². The van der Waals surface area contributed by atoms with E-state index in [4.69, 9.17) is 4.74 Å². The lowest BCUT2D eigenvalue weighted by atomic mass is 9.63. The first-order valence-electron chi connectivity index (χ1n) is 10.4. The highest BCUT2D eigenvalue weighted by atomic mass is 16.5. The molecule has 0 atom stereocenters. The molecule has 1 saturated heterocycles. The number of amides is 1. The van der Waals surface area contributed by atoms with E-state index in [2.05, 4.69) is 15.3 Å². The molecule has 1 aromatic heterocycles. The first-order valence-corrected chi connectivity index (χ1v) is 10.4. The van der Waals surface area contributed by atoms with Gasteiger partial charge in [-0.1, -0.05) is 12.5 Å². The van der Waals surface area contributed by atoms with Crippen LogP contribution in [0.2, 0.25) is 0 Å². The number of ether oxygens (including phenoxy) is 1. The average molecular weight is 394 g/mol. The monoisotopic (exact) mass is 394 g/mol. The van der Waals surface area contributed by atoms with Gasteiger partial charge in [0.1, 0.15) is 12.4 Å². The molecular formula is C22H26N4O3. The Hall–Kier alpha value is -2.67. The molecule has 1 aromatic carbocycles. The Labute approximate surface area is 169 Å². The van der Waals surface area contributed by atoms with E-state index in [1.54, 1.807) is 6.07 Å². The Bertz CT molecular complexity index is 986. The average Bonchev–Trinajstić information content (AvgIpc) is 3.16. The lowest BCUT2D eigenvalue weighted by Crippen LogP contribution is -2.44. The summed E-state index contributed by atoms with van der Waals surface area (Å²) < 4.78 is 6.67. The summed E-state index contributed by atoms with van der Waals surface area (Å²) in [5.74, 6) is 0.518. The van der Waals surface area contributed by atoms with Crippen LogP contribution in [0.25, 0.3) is 0 Å². The Morgan fingerprint density at radius 1 is 1.07 bits per heavy atom. The van der Waals surface area contributed by atoms with E-state index in [1.807, 2.05) is 18.2 Å². The second kappa shape index (κ2) is 7.30. The number of fused-ring (bicyclic) bond motifs is 1. The van der Waals surface area contributed by atoms with Crippen molar-refractivity contribution in [1.29, 1.82) is 0 Å². The van der Waals surface area contributed by atoms with Crippen LogP contribution in [0, 0.1) is 5.41 Å². The van der Waals surface area contributed by atoms with E-state index in [0.717, 1.165) is 30.0 Å². The van der Waals surface area contributed by atoms with Gasteiger partial charge in [-0.3, -0.25) is 9.59 Å². The summed E-state index contributed by atoms with van der Waals surface area (Å²) in [5, 5.41) is 7.34. The predicted molar refractivity (Wildman–Crippen MR) is 110 cm³/mol. The normalized spacial score (nSPS) is 19.7. The first-order chi connectivity index (χ1) is 14.1. The van der Waals surface area contributed by atoms with Crippen molar-refractivity contribution in [3.8, 4) is 0 Å². The SMILES string of the molecule is O=C(Cn1nc(N2CCC3(CCC3)CC2)ccc1=O)Nc1ccc2c(c1)COC2. The van der Waals surface area contributed by atoms with Gasteiger partial charge in [-0.15, -0.1) is 0 Å². The van der Waals surface area contributed by atoms with Crippen LogP contribution in [-0.4, -0.2) is 28.8 Å². The van der Waals surface area contributed by atoms with Crippen LogP contribution in [-0.2, 0) is 29.3 Å². The van der Waals surface area contributed by atoms with Crippen molar-refractivity contribution in [3.63, 3.8) is 0 Å². The van der Waals surface area contributed by atoms with Crippen LogP contribution >= 0.6 is 0 Å². The molecule has 1 aliphatic carbocycles. The molecule has 29 heavy (non-hydrogen) atoms. The molecule has 1 N–H and O–H groups in total. The zero-order valence-electron chi connectivity index (χ0n) is 16.5. The number of rotatable bonds is 4. The van der Waals surface area contributed by atoms with Crippen molar-refractivity contribution >= 4 is 17.4 Å². The molecule has 7 nitrogen and oxygen atoms in total. The molecule has 2 fully saturated rings. The first kappa shape index (κ1) is 18.4. The molecule has 152 valence electrons. The number of carbonyl (C=O) groups is 1. The van der Waals surface area contributed by atoms with E-state index >= 15 is 0 Å². The topological polar surface area (TPSA) is 76.5 Å². The van der Waals surface area contributed by atoms with Crippen molar-refractivity contribution in [2.24, 2.45) is 5.41 Å². The van der Waals surface area contributed by atoms with E-state index < -0.39 is 0 Å². The third-order valence-electron chi connectivity index (χ3n) is 6.71. The number of nitrogens with one attached hydrogen (secondary N) is 1. The fourth-order valence-electron chi connectivity index (χ4n) is 4.69. The largest absolute Gasteiger partial charge is 0.372 e. The van der Waals surface area contributed by atoms with Gasteiger partial charge in [0.15, 0.2) is 0 Å². The molecule has 1 spiro atoms. The van der Waals surface area contributed by atoms with Crippen LogP contribution in [0.4, 0.5) is 11.5 Å². The second-order valence-electron chi connectivity index (χ2n) is 8.55. The van der Waals surface area contributed by atoms with E-state index in [0.29, 0.717) is 24.3 Å². The van der Waals surface area contributed by atoms with Crippen molar-refractivity contribution in [2.75, 3.05) is 23.3 Å². The molecule has 3 aliphatic rings. The minimum absolute atomic E-state index is 0.0992. The van der Waals surface area contributed by atoms with Gasteiger partial charge in [0.05, 0.1) is 13.2 Å². The number of carbonyl (C=O) groups excluding carboxylic acids is 1. The lowest BCUT2D eigenvalue weighted by molar-refractivity contribution is -0.117. The van der Waals surface area contributed by atoms with E-state index in [9.17, 15) is 9.59 Å². The molecule has 3 heterocycles. The molecule has 2 aromatic rings. The highest BCUT2D eigenvalue weighted by Crippen LogP contribution is 2.49. The van der Waals surface area contributed by atoms with Crippen LogP contribution in [0.5, 0.6) is 0 Å².